The van der Waals surface area contributed by atoms with Crippen LogP contribution in [0, 0.1) is 23.5 Å². The van der Waals surface area contributed by atoms with Crippen molar-refractivity contribution in [2.75, 3.05) is 32.5 Å². The highest BCUT2D eigenvalue weighted by Gasteiger charge is 2.34. The Morgan fingerprint density at radius 2 is 2.11 bits per heavy atom. The molecular formula is C28H32F2N2O4S. The summed E-state index contributed by atoms with van der Waals surface area (Å²) in [6, 6.07) is 11.5. The Balaban J connectivity index is 1.30. The van der Waals surface area contributed by atoms with Crippen LogP contribution in [-0.2, 0) is 4.79 Å². The molecular weight excluding hydrogens is 498 g/mol. The van der Waals surface area contributed by atoms with Crippen molar-refractivity contribution in [2.24, 2.45) is 11.8 Å². The number of likely N-dealkylation sites (tertiary alicyclic amines) is 1. The number of halogens is 2. The standard InChI is InChI=1S/C28H32F2N2O4S/c1-36-19-7-8-24-21(16-19)20(10-12-31-24)25(33)9-6-18-11-14-32(17-22(18)28(34)35)13-3-15-37-26-5-2-4-23(29)27(26)30/h2,4-5,7-8,10,12,16,18,22,25,33H,3,6,9,11,13-15,17H2,1H3,(H,34,35)/t18-,22+,25+/m1/s1. The van der Waals surface area contributed by atoms with Crippen molar-refractivity contribution in [1.82, 2.24) is 9.88 Å². The number of carboxylic acids is 1. The van der Waals surface area contributed by atoms with Crippen LogP contribution in [0.25, 0.3) is 10.9 Å². The molecule has 1 aromatic heterocycles. The van der Waals surface area contributed by atoms with E-state index in [2.05, 4.69) is 9.88 Å². The van der Waals surface area contributed by atoms with Gasteiger partial charge in [-0.1, -0.05) is 6.07 Å². The molecule has 3 aromatic rings. The van der Waals surface area contributed by atoms with E-state index in [9.17, 15) is 23.8 Å². The number of thioether (sulfide) groups is 1. The lowest BCUT2D eigenvalue weighted by Crippen LogP contribution is -2.44. The molecule has 0 spiro atoms. The summed E-state index contributed by atoms with van der Waals surface area (Å²) in [5, 5.41) is 21.7. The molecule has 0 unspecified atom stereocenters. The van der Waals surface area contributed by atoms with Crippen molar-refractivity contribution < 1.29 is 28.5 Å². The molecule has 3 atom stereocenters. The lowest BCUT2D eigenvalue weighted by atomic mass is 9.81. The maximum Gasteiger partial charge on any atom is 0.308 e. The number of pyridine rings is 1. The number of benzene rings is 2. The predicted molar refractivity (Wildman–Crippen MR) is 140 cm³/mol. The fourth-order valence-corrected chi connectivity index (χ4v) is 5.95. The molecule has 0 aliphatic carbocycles. The highest BCUT2D eigenvalue weighted by Crippen LogP contribution is 2.34. The van der Waals surface area contributed by atoms with E-state index in [0.29, 0.717) is 42.3 Å². The van der Waals surface area contributed by atoms with Crippen molar-refractivity contribution in [2.45, 2.75) is 36.7 Å². The Bertz CT molecular complexity index is 1230. The van der Waals surface area contributed by atoms with Gasteiger partial charge < -0.3 is 19.8 Å². The number of methoxy groups -OCH3 is 1. The molecule has 37 heavy (non-hydrogen) atoms. The number of hydrogen-bond acceptors (Lipinski definition) is 6. The number of rotatable bonds is 11. The monoisotopic (exact) mass is 530 g/mol. The van der Waals surface area contributed by atoms with E-state index in [1.165, 1.54) is 17.8 Å². The highest BCUT2D eigenvalue weighted by atomic mass is 32.2. The number of aliphatic carboxylic acids is 1. The van der Waals surface area contributed by atoms with Gasteiger partial charge in [-0.2, -0.15) is 0 Å². The van der Waals surface area contributed by atoms with E-state index >= 15 is 0 Å². The van der Waals surface area contributed by atoms with Crippen LogP contribution in [-0.4, -0.2) is 58.6 Å². The van der Waals surface area contributed by atoms with Crippen molar-refractivity contribution >= 4 is 28.6 Å². The zero-order chi connectivity index (χ0) is 26.4. The van der Waals surface area contributed by atoms with Gasteiger partial charge >= 0.3 is 5.97 Å². The molecule has 1 fully saturated rings. The van der Waals surface area contributed by atoms with Gasteiger partial charge in [0.15, 0.2) is 11.6 Å². The molecule has 2 heterocycles. The number of carbonyl (C=O) groups is 1. The first-order chi connectivity index (χ1) is 17.9. The van der Waals surface area contributed by atoms with Gasteiger partial charge in [0.25, 0.3) is 0 Å². The van der Waals surface area contributed by atoms with E-state index in [1.54, 1.807) is 25.4 Å². The molecule has 6 nitrogen and oxygen atoms in total. The summed E-state index contributed by atoms with van der Waals surface area (Å²) in [6.45, 7) is 1.93. The number of fused-ring (bicyclic) bond motifs is 1. The van der Waals surface area contributed by atoms with Crippen LogP contribution < -0.4 is 4.74 Å². The molecule has 1 aliphatic rings. The maximum absolute atomic E-state index is 13.8. The molecule has 1 saturated heterocycles. The van der Waals surface area contributed by atoms with E-state index in [0.717, 1.165) is 41.9 Å². The lowest BCUT2D eigenvalue weighted by Gasteiger charge is -2.37. The molecule has 0 bridgehead atoms. The molecule has 0 radical (unpaired) electrons. The number of hydrogen-bond donors (Lipinski definition) is 2. The first-order valence-corrected chi connectivity index (χ1v) is 13.5. The van der Waals surface area contributed by atoms with E-state index in [1.807, 2.05) is 18.2 Å². The molecule has 4 rings (SSSR count). The summed E-state index contributed by atoms with van der Waals surface area (Å²) in [7, 11) is 1.59. The number of nitrogens with zero attached hydrogens (tertiary/aromatic N) is 2. The van der Waals surface area contributed by atoms with Gasteiger partial charge in [0.2, 0.25) is 0 Å². The third-order valence-electron chi connectivity index (χ3n) is 7.10. The molecule has 198 valence electrons. The van der Waals surface area contributed by atoms with Crippen LogP contribution in [0.4, 0.5) is 8.78 Å². The third kappa shape index (κ3) is 6.77. The minimum Gasteiger partial charge on any atom is -0.497 e. The highest BCUT2D eigenvalue weighted by molar-refractivity contribution is 7.99. The zero-order valence-electron chi connectivity index (χ0n) is 20.8. The molecule has 0 saturated carbocycles. The number of carboxylic acid groups (broad SMARTS) is 1. The number of ether oxygens (including phenoxy) is 1. The second kappa shape index (κ2) is 12.7. The lowest BCUT2D eigenvalue weighted by molar-refractivity contribution is -0.146. The molecule has 2 aromatic carbocycles. The van der Waals surface area contributed by atoms with Crippen molar-refractivity contribution in [1.29, 1.82) is 0 Å². The summed E-state index contributed by atoms with van der Waals surface area (Å²) < 4.78 is 32.5. The average Bonchev–Trinajstić information content (AvgIpc) is 2.91. The number of aliphatic hydroxyl groups excluding tert-OH is 1. The van der Waals surface area contributed by atoms with Gasteiger partial charge in [0, 0.05) is 23.0 Å². The number of aromatic nitrogens is 1. The van der Waals surface area contributed by atoms with Crippen LogP contribution >= 0.6 is 11.8 Å². The second-order valence-corrected chi connectivity index (χ2v) is 10.6. The summed E-state index contributed by atoms with van der Waals surface area (Å²) in [6.07, 6.45) is 3.49. The summed E-state index contributed by atoms with van der Waals surface area (Å²) in [5.74, 6) is -1.72. The molecule has 2 N–H and O–H groups in total. The van der Waals surface area contributed by atoms with E-state index in [4.69, 9.17) is 4.74 Å². The minimum atomic E-state index is -0.849. The quantitative estimate of drug-likeness (QED) is 0.249. The largest absolute Gasteiger partial charge is 0.497 e. The average molecular weight is 531 g/mol. The van der Waals surface area contributed by atoms with Gasteiger partial charge in [-0.25, -0.2) is 8.78 Å². The van der Waals surface area contributed by atoms with Gasteiger partial charge in [-0.15, -0.1) is 11.8 Å². The zero-order valence-corrected chi connectivity index (χ0v) is 21.6. The predicted octanol–water partition coefficient (Wildman–Crippen LogP) is 5.54. The fraction of sp³-hybridized carbons (Fsp3) is 0.429. The smallest absolute Gasteiger partial charge is 0.308 e. The number of aliphatic hydroxyl groups is 1. The van der Waals surface area contributed by atoms with Gasteiger partial charge in [0.1, 0.15) is 5.75 Å². The number of piperidine rings is 1. The Labute approximate surface area is 219 Å². The SMILES string of the molecule is COc1ccc2nccc([C@@H](O)CC[C@@H]3CCN(CCCSc4cccc(F)c4F)C[C@@H]3C(=O)O)c2c1. The van der Waals surface area contributed by atoms with Gasteiger partial charge in [0.05, 0.1) is 24.6 Å². The van der Waals surface area contributed by atoms with Crippen molar-refractivity contribution in [3.05, 3.63) is 65.9 Å². The van der Waals surface area contributed by atoms with Crippen LogP contribution in [0.15, 0.2) is 53.6 Å². The maximum atomic E-state index is 13.8. The molecule has 1 aliphatic heterocycles. The fourth-order valence-electron chi connectivity index (χ4n) is 5.05. The molecule has 0 amide bonds. The first-order valence-electron chi connectivity index (χ1n) is 12.5. The van der Waals surface area contributed by atoms with Crippen LogP contribution in [0.2, 0.25) is 0 Å². The summed E-state index contributed by atoms with van der Waals surface area (Å²) in [4.78, 5) is 18.9. The Morgan fingerprint density at radius 1 is 1.27 bits per heavy atom. The first kappa shape index (κ1) is 27.3. The topological polar surface area (TPSA) is 82.9 Å². The molecule has 9 heteroatoms. The minimum absolute atomic E-state index is 0.0261. The Hall–Kier alpha value is -2.75. The van der Waals surface area contributed by atoms with E-state index in [-0.39, 0.29) is 5.92 Å². The van der Waals surface area contributed by atoms with Gasteiger partial charge in [-0.05, 0) is 92.4 Å². The normalized spacial score (nSPS) is 19.1. The Morgan fingerprint density at radius 3 is 2.89 bits per heavy atom. The van der Waals surface area contributed by atoms with Gasteiger partial charge in [-0.3, -0.25) is 9.78 Å². The van der Waals surface area contributed by atoms with Crippen LogP contribution in [0.5, 0.6) is 5.75 Å². The van der Waals surface area contributed by atoms with Crippen LogP contribution in [0.3, 0.4) is 0 Å². The van der Waals surface area contributed by atoms with Crippen molar-refractivity contribution in [3.63, 3.8) is 0 Å². The van der Waals surface area contributed by atoms with E-state index < -0.39 is 29.6 Å². The van der Waals surface area contributed by atoms with Crippen molar-refractivity contribution in [3.8, 4) is 5.75 Å². The summed E-state index contributed by atoms with van der Waals surface area (Å²) >= 11 is 1.27. The third-order valence-corrected chi connectivity index (χ3v) is 8.22. The Kier molecular flexibility index (Phi) is 9.34. The second-order valence-electron chi connectivity index (χ2n) is 9.42. The van der Waals surface area contributed by atoms with Crippen LogP contribution in [0.1, 0.15) is 37.4 Å². The summed E-state index contributed by atoms with van der Waals surface area (Å²) in [5.41, 5.74) is 1.54.